The first-order valence-corrected chi connectivity index (χ1v) is 5.34. The number of aromatic hydroxyl groups is 1. The summed E-state index contributed by atoms with van der Waals surface area (Å²) >= 11 is 0. The summed E-state index contributed by atoms with van der Waals surface area (Å²) in [6.45, 7) is 1.93. The molecule has 0 amide bonds. The summed E-state index contributed by atoms with van der Waals surface area (Å²) in [5, 5.41) is 15.8. The highest BCUT2D eigenvalue weighted by Gasteiger charge is 2.06. The molecule has 84 valence electrons. The van der Waals surface area contributed by atoms with Crippen LogP contribution in [0.15, 0.2) is 42.7 Å². The third-order valence-electron chi connectivity index (χ3n) is 2.67. The maximum atomic E-state index is 9.55. The summed E-state index contributed by atoms with van der Waals surface area (Å²) in [7, 11) is 0. The number of phenolic OH excluding ortho intramolecular Hbond substituents is 1. The molecule has 3 rings (SSSR count). The van der Waals surface area contributed by atoms with E-state index < -0.39 is 0 Å². The number of aryl methyl sites for hydroxylation is 1. The van der Waals surface area contributed by atoms with E-state index in [9.17, 15) is 5.11 Å². The maximum absolute atomic E-state index is 9.55. The van der Waals surface area contributed by atoms with Gasteiger partial charge in [-0.25, -0.2) is 9.67 Å². The van der Waals surface area contributed by atoms with Crippen LogP contribution in [-0.2, 0) is 0 Å². The topological polar surface area (TPSA) is 50.9 Å². The van der Waals surface area contributed by atoms with Gasteiger partial charge in [-0.3, -0.25) is 0 Å². The second-order valence-electron chi connectivity index (χ2n) is 3.94. The molecule has 0 aliphatic rings. The number of hydrogen-bond acceptors (Lipinski definition) is 3. The van der Waals surface area contributed by atoms with Gasteiger partial charge in [-0.05, 0) is 36.6 Å². The zero-order valence-corrected chi connectivity index (χ0v) is 9.33. The molecular formula is C13H11N3O. The van der Waals surface area contributed by atoms with Crippen molar-refractivity contribution in [2.75, 3.05) is 0 Å². The number of nitrogens with zero attached hydrogens (tertiary/aromatic N) is 3. The van der Waals surface area contributed by atoms with Crippen molar-refractivity contribution >= 4 is 10.8 Å². The molecule has 0 radical (unpaired) electrons. The lowest BCUT2D eigenvalue weighted by atomic mass is 10.1. The van der Waals surface area contributed by atoms with Crippen molar-refractivity contribution in [2.24, 2.45) is 0 Å². The van der Waals surface area contributed by atoms with E-state index in [1.165, 1.54) is 0 Å². The van der Waals surface area contributed by atoms with Crippen molar-refractivity contribution in [1.29, 1.82) is 0 Å². The smallest absolute Gasteiger partial charge is 0.161 e. The summed E-state index contributed by atoms with van der Waals surface area (Å²) in [5.41, 5.74) is 0.934. The number of aromatic nitrogens is 3. The Morgan fingerprint density at radius 2 is 2.06 bits per heavy atom. The third-order valence-corrected chi connectivity index (χ3v) is 2.67. The maximum Gasteiger partial charge on any atom is 0.161 e. The summed E-state index contributed by atoms with van der Waals surface area (Å²) in [6, 6.07) is 9.07. The van der Waals surface area contributed by atoms with E-state index in [1.807, 2.05) is 31.3 Å². The van der Waals surface area contributed by atoms with Crippen LogP contribution < -0.4 is 0 Å². The molecule has 2 aromatic heterocycles. The molecular weight excluding hydrogens is 214 g/mol. The fraction of sp³-hybridized carbons (Fsp3) is 0.0769. The zero-order valence-electron chi connectivity index (χ0n) is 9.33. The average molecular weight is 225 g/mol. The predicted molar refractivity (Wildman–Crippen MR) is 65.3 cm³/mol. The minimum Gasteiger partial charge on any atom is -0.508 e. The largest absolute Gasteiger partial charge is 0.508 e. The Morgan fingerprint density at radius 1 is 1.18 bits per heavy atom. The Morgan fingerprint density at radius 3 is 2.82 bits per heavy atom. The van der Waals surface area contributed by atoms with E-state index in [0.29, 0.717) is 0 Å². The van der Waals surface area contributed by atoms with Gasteiger partial charge in [0.2, 0.25) is 0 Å². The lowest BCUT2D eigenvalue weighted by molar-refractivity contribution is 0.476. The van der Waals surface area contributed by atoms with E-state index >= 15 is 0 Å². The van der Waals surface area contributed by atoms with Crippen LogP contribution in [0.25, 0.3) is 16.6 Å². The van der Waals surface area contributed by atoms with E-state index in [0.717, 1.165) is 22.3 Å². The molecule has 0 bridgehead atoms. The van der Waals surface area contributed by atoms with Crippen LogP contribution in [0.1, 0.15) is 5.69 Å². The molecule has 1 N–H and O–H groups in total. The Kier molecular flexibility index (Phi) is 2.08. The number of hydrogen-bond donors (Lipinski definition) is 1. The number of phenols is 1. The summed E-state index contributed by atoms with van der Waals surface area (Å²) in [4.78, 5) is 4.32. The summed E-state index contributed by atoms with van der Waals surface area (Å²) in [6.07, 6.45) is 3.60. The lowest BCUT2D eigenvalue weighted by Gasteiger charge is -2.05. The Balaban J connectivity index is 2.32. The van der Waals surface area contributed by atoms with Gasteiger partial charge in [0.1, 0.15) is 5.75 Å². The van der Waals surface area contributed by atoms with Crippen molar-refractivity contribution in [3.05, 3.63) is 48.4 Å². The van der Waals surface area contributed by atoms with Gasteiger partial charge >= 0.3 is 0 Å². The van der Waals surface area contributed by atoms with Crippen LogP contribution in [-0.4, -0.2) is 19.9 Å². The normalized spacial score (nSPS) is 10.9. The van der Waals surface area contributed by atoms with E-state index in [1.54, 1.807) is 23.0 Å². The van der Waals surface area contributed by atoms with Crippen molar-refractivity contribution in [3.63, 3.8) is 0 Å². The average Bonchev–Trinajstić information content (AvgIpc) is 2.75. The molecule has 17 heavy (non-hydrogen) atoms. The second kappa shape index (κ2) is 3.59. The molecule has 0 spiro atoms. The highest BCUT2D eigenvalue weighted by atomic mass is 16.3. The minimum atomic E-state index is 0.232. The molecule has 3 aromatic rings. The monoisotopic (exact) mass is 225 g/mol. The Labute approximate surface area is 98.2 Å². The van der Waals surface area contributed by atoms with Crippen LogP contribution in [0.2, 0.25) is 0 Å². The lowest BCUT2D eigenvalue weighted by Crippen LogP contribution is -1.99. The van der Waals surface area contributed by atoms with Crippen molar-refractivity contribution in [3.8, 4) is 11.6 Å². The van der Waals surface area contributed by atoms with Crippen LogP contribution >= 0.6 is 0 Å². The summed E-state index contributed by atoms with van der Waals surface area (Å²) < 4.78 is 1.72. The van der Waals surface area contributed by atoms with Crippen molar-refractivity contribution in [2.45, 2.75) is 6.92 Å². The van der Waals surface area contributed by atoms with Gasteiger partial charge in [0.25, 0.3) is 0 Å². The molecule has 0 fully saturated rings. The summed E-state index contributed by atoms with van der Waals surface area (Å²) in [5.74, 6) is 0.960. The van der Waals surface area contributed by atoms with Gasteiger partial charge in [-0.15, -0.1) is 0 Å². The van der Waals surface area contributed by atoms with Crippen LogP contribution in [0, 0.1) is 6.92 Å². The van der Waals surface area contributed by atoms with Gasteiger partial charge in [0, 0.05) is 17.8 Å². The molecule has 0 atom stereocenters. The number of pyridine rings is 1. The fourth-order valence-electron chi connectivity index (χ4n) is 1.86. The van der Waals surface area contributed by atoms with E-state index in [2.05, 4.69) is 10.1 Å². The Hall–Kier alpha value is -2.36. The van der Waals surface area contributed by atoms with Gasteiger partial charge in [0.05, 0.1) is 5.69 Å². The first-order valence-electron chi connectivity index (χ1n) is 5.34. The molecule has 1 aromatic carbocycles. The molecule has 0 saturated carbocycles. The SMILES string of the molecule is Cc1ccn(-c2nccc3ccc(O)cc23)n1. The fourth-order valence-corrected chi connectivity index (χ4v) is 1.86. The highest BCUT2D eigenvalue weighted by Crippen LogP contribution is 2.23. The quantitative estimate of drug-likeness (QED) is 0.692. The predicted octanol–water partition coefficient (Wildman–Crippen LogP) is 2.43. The van der Waals surface area contributed by atoms with Crippen LogP contribution in [0.4, 0.5) is 0 Å². The van der Waals surface area contributed by atoms with Gasteiger partial charge in [0.15, 0.2) is 5.82 Å². The molecule has 0 unspecified atom stereocenters. The molecule has 0 saturated heterocycles. The number of rotatable bonds is 1. The van der Waals surface area contributed by atoms with Crippen molar-refractivity contribution in [1.82, 2.24) is 14.8 Å². The third kappa shape index (κ3) is 1.63. The molecule has 0 aliphatic carbocycles. The van der Waals surface area contributed by atoms with E-state index in [-0.39, 0.29) is 5.75 Å². The molecule has 0 aliphatic heterocycles. The second-order valence-corrected chi connectivity index (χ2v) is 3.94. The molecule has 4 nitrogen and oxygen atoms in total. The van der Waals surface area contributed by atoms with Gasteiger partial charge in [-0.2, -0.15) is 5.10 Å². The minimum absolute atomic E-state index is 0.232. The number of fused-ring (bicyclic) bond motifs is 1. The number of benzene rings is 1. The zero-order chi connectivity index (χ0) is 11.8. The Bertz CT molecular complexity index is 688. The van der Waals surface area contributed by atoms with Crippen LogP contribution in [0.5, 0.6) is 5.75 Å². The molecule has 4 heteroatoms. The molecule has 2 heterocycles. The van der Waals surface area contributed by atoms with Gasteiger partial charge < -0.3 is 5.11 Å². The van der Waals surface area contributed by atoms with E-state index in [4.69, 9.17) is 0 Å². The van der Waals surface area contributed by atoms with Gasteiger partial charge in [-0.1, -0.05) is 6.07 Å². The highest BCUT2D eigenvalue weighted by molar-refractivity contribution is 5.89. The van der Waals surface area contributed by atoms with Crippen LogP contribution in [0.3, 0.4) is 0 Å². The first-order chi connectivity index (χ1) is 8.24. The first kappa shape index (κ1) is 9.84. The standard InChI is InChI=1S/C13H11N3O/c1-9-5-7-16(15-9)13-12-8-11(17)3-2-10(12)4-6-14-13/h2-8,17H,1H3. The van der Waals surface area contributed by atoms with Crippen molar-refractivity contribution < 1.29 is 5.11 Å².